The maximum absolute atomic E-state index is 13.0. The zero-order chi connectivity index (χ0) is 23.2. The van der Waals surface area contributed by atoms with Crippen LogP contribution in [0.1, 0.15) is 68.8 Å². The number of rotatable bonds is 7. The summed E-state index contributed by atoms with van der Waals surface area (Å²) in [6, 6.07) is 17.6. The van der Waals surface area contributed by atoms with Gasteiger partial charge in [-0.25, -0.2) is 0 Å². The maximum atomic E-state index is 13.0. The highest BCUT2D eigenvalue weighted by atomic mass is 28.4. The van der Waals surface area contributed by atoms with E-state index in [4.69, 9.17) is 9.16 Å². The number of nitrogens with one attached hydrogen (secondary N) is 1. The molecule has 4 nitrogen and oxygen atoms in total. The number of carbonyl (C=O) groups is 1. The first-order valence-corrected chi connectivity index (χ1v) is 14.8. The van der Waals surface area contributed by atoms with Crippen molar-refractivity contribution in [2.24, 2.45) is 0 Å². The van der Waals surface area contributed by atoms with Crippen molar-refractivity contribution in [2.45, 2.75) is 89.8 Å². The molecule has 32 heavy (non-hydrogen) atoms. The van der Waals surface area contributed by atoms with Crippen LogP contribution in [-0.4, -0.2) is 26.4 Å². The fraction of sp³-hybridized carbons (Fsp3) is 0.519. The highest BCUT2D eigenvalue weighted by molar-refractivity contribution is 6.74. The first-order chi connectivity index (χ1) is 15.2. The van der Waals surface area contributed by atoms with E-state index in [9.17, 15) is 4.79 Å². The Labute approximate surface area is 194 Å². The summed E-state index contributed by atoms with van der Waals surface area (Å²) in [4.78, 5) is 13.0. The molecule has 2 aromatic rings. The molecule has 0 aliphatic heterocycles. The molecule has 1 aliphatic rings. The second kappa shape index (κ2) is 10.7. The highest BCUT2D eigenvalue weighted by Gasteiger charge is 2.41. The Kier molecular flexibility index (Phi) is 8.18. The Morgan fingerprint density at radius 1 is 0.969 bits per heavy atom. The quantitative estimate of drug-likeness (QED) is 0.374. The van der Waals surface area contributed by atoms with Gasteiger partial charge in [0.2, 0.25) is 0 Å². The van der Waals surface area contributed by atoms with Crippen LogP contribution < -0.4 is 10.1 Å². The van der Waals surface area contributed by atoms with Crippen LogP contribution in [0.25, 0.3) is 0 Å². The number of benzene rings is 2. The van der Waals surface area contributed by atoms with Gasteiger partial charge >= 0.3 is 0 Å². The molecule has 1 fully saturated rings. The number of ether oxygens (including phenoxy) is 1. The Balaban J connectivity index is 1.62. The molecule has 0 saturated heterocycles. The first kappa shape index (κ1) is 24.5. The van der Waals surface area contributed by atoms with E-state index >= 15 is 0 Å². The van der Waals surface area contributed by atoms with E-state index in [0.29, 0.717) is 12.2 Å². The van der Waals surface area contributed by atoms with Crippen molar-refractivity contribution in [2.75, 3.05) is 0 Å². The number of carbonyl (C=O) groups excluding carboxylic acids is 1. The third-order valence-corrected chi connectivity index (χ3v) is 11.4. The van der Waals surface area contributed by atoms with Crippen LogP contribution in [0.3, 0.4) is 0 Å². The molecule has 0 radical (unpaired) electrons. The van der Waals surface area contributed by atoms with Crippen molar-refractivity contribution in [1.82, 2.24) is 5.32 Å². The molecule has 0 unspecified atom stereocenters. The molecule has 3 rings (SSSR count). The maximum Gasteiger partial charge on any atom is 0.251 e. The van der Waals surface area contributed by atoms with E-state index < -0.39 is 8.32 Å². The molecule has 1 saturated carbocycles. The molecular weight excluding hydrogens is 414 g/mol. The molecule has 174 valence electrons. The first-order valence-electron chi connectivity index (χ1n) is 11.9. The van der Waals surface area contributed by atoms with Gasteiger partial charge in [-0.1, -0.05) is 70.4 Å². The van der Waals surface area contributed by atoms with Gasteiger partial charge in [0.25, 0.3) is 5.91 Å². The third kappa shape index (κ3) is 6.69. The minimum absolute atomic E-state index is 0.0321. The predicted molar refractivity (Wildman–Crippen MR) is 134 cm³/mol. The molecule has 1 N–H and O–H groups in total. The third-order valence-electron chi connectivity index (χ3n) is 6.89. The zero-order valence-corrected chi connectivity index (χ0v) is 21.3. The van der Waals surface area contributed by atoms with Crippen LogP contribution in [-0.2, 0) is 11.0 Å². The summed E-state index contributed by atoms with van der Waals surface area (Å²) in [7, 11) is -1.90. The summed E-state index contributed by atoms with van der Waals surface area (Å²) >= 11 is 0. The Bertz CT molecular complexity index is 859. The summed E-state index contributed by atoms with van der Waals surface area (Å²) in [5.74, 6) is 0.731. The molecule has 1 amide bonds. The lowest BCUT2D eigenvalue weighted by molar-refractivity contribution is 0.0838. The monoisotopic (exact) mass is 453 g/mol. The van der Waals surface area contributed by atoms with Gasteiger partial charge in [-0.2, -0.15) is 0 Å². The van der Waals surface area contributed by atoms with Crippen molar-refractivity contribution in [1.29, 1.82) is 0 Å². The SMILES string of the molecule is CC(C)(C)[Si](C)(C)O[C@@H]1CCCCC[C@H]1NC(=O)c1ccc(OCc2ccccc2)cc1. The molecule has 0 spiro atoms. The Morgan fingerprint density at radius 3 is 2.28 bits per heavy atom. The molecule has 0 aromatic heterocycles. The van der Waals surface area contributed by atoms with Crippen molar-refractivity contribution in [3.05, 3.63) is 65.7 Å². The lowest BCUT2D eigenvalue weighted by Crippen LogP contribution is -2.51. The van der Waals surface area contributed by atoms with Gasteiger partial charge in [-0.15, -0.1) is 0 Å². The van der Waals surface area contributed by atoms with E-state index in [1.807, 2.05) is 54.6 Å². The van der Waals surface area contributed by atoms with Gasteiger partial charge in [-0.3, -0.25) is 4.79 Å². The number of amides is 1. The van der Waals surface area contributed by atoms with Crippen molar-refractivity contribution in [3.8, 4) is 5.75 Å². The topological polar surface area (TPSA) is 47.6 Å². The Hall–Kier alpha value is -2.11. The lowest BCUT2D eigenvalue weighted by Gasteiger charge is -2.41. The molecule has 5 heteroatoms. The lowest BCUT2D eigenvalue weighted by atomic mass is 10.1. The molecule has 1 aliphatic carbocycles. The largest absolute Gasteiger partial charge is 0.489 e. The second-order valence-electron chi connectivity index (χ2n) is 10.4. The van der Waals surface area contributed by atoms with Crippen LogP contribution in [0.5, 0.6) is 5.75 Å². The van der Waals surface area contributed by atoms with Gasteiger partial charge in [0.1, 0.15) is 12.4 Å². The number of hydrogen-bond donors (Lipinski definition) is 1. The van der Waals surface area contributed by atoms with Crippen LogP contribution in [0, 0.1) is 0 Å². The summed E-state index contributed by atoms with van der Waals surface area (Å²) in [6.45, 7) is 11.9. The van der Waals surface area contributed by atoms with Crippen LogP contribution in [0.2, 0.25) is 18.1 Å². The van der Waals surface area contributed by atoms with Gasteiger partial charge in [-0.05, 0) is 60.8 Å². The normalized spacial score (nSPS) is 19.8. The molecule has 0 bridgehead atoms. The molecule has 0 heterocycles. The van der Waals surface area contributed by atoms with Gasteiger partial charge in [0.15, 0.2) is 8.32 Å². The van der Waals surface area contributed by atoms with Crippen LogP contribution >= 0.6 is 0 Å². The van der Waals surface area contributed by atoms with E-state index in [2.05, 4.69) is 39.2 Å². The van der Waals surface area contributed by atoms with E-state index in [1.54, 1.807) is 0 Å². The average Bonchev–Trinajstić information content (AvgIpc) is 2.97. The van der Waals surface area contributed by atoms with E-state index in [0.717, 1.165) is 30.6 Å². The summed E-state index contributed by atoms with van der Waals surface area (Å²) in [6.07, 6.45) is 5.59. The highest BCUT2D eigenvalue weighted by Crippen LogP contribution is 2.39. The minimum Gasteiger partial charge on any atom is -0.489 e. The molecule has 2 atom stereocenters. The number of hydrogen-bond acceptors (Lipinski definition) is 3. The van der Waals surface area contributed by atoms with Crippen LogP contribution in [0.4, 0.5) is 0 Å². The Morgan fingerprint density at radius 2 is 1.62 bits per heavy atom. The predicted octanol–water partition coefficient (Wildman–Crippen LogP) is 6.72. The van der Waals surface area contributed by atoms with Gasteiger partial charge in [0.05, 0.1) is 12.1 Å². The second-order valence-corrected chi connectivity index (χ2v) is 15.2. The fourth-order valence-electron chi connectivity index (χ4n) is 3.83. The van der Waals surface area contributed by atoms with Crippen molar-refractivity contribution < 1.29 is 14.0 Å². The molecular formula is C27H39NO3Si. The average molecular weight is 454 g/mol. The summed E-state index contributed by atoms with van der Waals surface area (Å²) in [5, 5.41) is 3.45. The van der Waals surface area contributed by atoms with Gasteiger partial charge < -0.3 is 14.5 Å². The van der Waals surface area contributed by atoms with E-state index in [1.165, 1.54) is 12.8 Å². The summed E-state index contributed by atoms with van der Waals surface area (Å²) < 4.78 is 12.6. The van der Waals surface area contributed by atoms with Crippen LogP contribution in [0.15, 0.2) is 54.6 Å². The van der Waals surface area contributed by atoms with Crippen molar-refractivity contribution >= 4 is 14.2 Å². The molecule has 2 aromatic carbocycles. The standard InChI is InChI=1S/C27H39NO3Si/c1-27(2,3)32(4,5)31-25-15-11-7-10-14-24(25)28-26(29)22-16-18-23(19-17-22)30-20-21-12-8-6-9-13-21/h6,8-9,12-13,16-19,24-25H,7,10-11,14-15,20H2,1-5H3,(H,28,29)/t24-,25-/m1/s1. The fourth-order valence-corrected chi connectivity index (χ4v) is 5.22. The van der Waals surface area contributed by atoms with Gasteiger partial charge in [0, 0.05) is 5.56 Å². The smallest absolute Gasteiger partial charge is 0.251 e. The van der Waals surface area contributed by atoms with E-state index in [-0.39, 0.29) is 23.1 Å². The zero-order valence-electron chi connectivity index (χ0n) is 20.3. The van der Waals surface area contributed by atoms with Crippen molar-refractivity contribution in [3.63, 3.8) is 0 Å². The minimum atomic E-state index is -1.90. The summed E-state index contributed by atoms with van der Waals surface area (Å²) in [5.41, 5.74) is 1.78.